The molecule has 0 radical (unpaired) electrons. The minimum Gasteiger partial charge on any atom is -0.496 e. The van der Waals surface area contributed by atoms with E-state index in [9.17, 15) is 9.18 Å². The molecule has 0 saturated carbocycles. The van der Waals surface area contributed by atoms with Gasteiger partial charge in [0, 0.05) is 5.56 Å². The van der Waals surface area contributed by atoms with Gasteiger partial charge in [-0.25, -0.2) is 4.39 Å². The molecule has 0 heterocycles. The molecule has 0 bridgehead atoms. The van der Waals surface area contributed by atoms with Crippen LogP contribution in [0.5, 0.6) is 5.75 Å². The zero-order chi connectivity index (χ0) is 12.3. The molecule has 16 heavy (non-hydrogen) atoms. The summed E-state index contributed by atoms with van der Waals surface area (Å²) in [4.78, 5) is 10.6. The number of benzene rings is 1. The van der Waals surface area contributed by atoms with E-state index >= 15 is 0 Å². The number of halogens is 1. The molecule has 1 rings (SSSR count). The van der Waals surface area contributed by atoms with Crippen molar-refractivity contribution < 1.29 is 19.0 Å². The topological polar surface area (TPSA) is 46.5 Å². The van der Waals surface area contributed by atoms with Gasteiger partial charge in [-0.15, -0.1) is 0 Å². The Hall–Kier alpha value is -1.58. The van der Waals surface area contributed by atoms with Crippen LogP contribution in [0.1, 0.15) is 30.4 Å². The summed E-state index contributed by atoms with van der Waals surface area (Å²) in [7, 11) is 1.50. The number of hydrogen-bond donors (Lipinski definition) is 1. The van der Waals surface area contributed by atoms with Crippen LogP contribution in [0.15, 0.2) is 12.1 Å². The molecule has 1 atom stereocenters. The molecular formula is C12H15FO3. The van der Waals surface area contributed by atoms with E-state index in [0.29, 0.717) is 16.9 Å². The largest absolute Gasteiger partial charge is 0.496 e. The van der Waals surface area contributed by atoms with E-state index in [2.05, 4.69) is 0 Å². The highest BCUT2D eigenvalue weighted by atomic mass is 19.1. The minimum atomic E-state index is -0.906. The Morgan fingerprint density at radius 1 is 1.56 bits per heavy atom. The number of rotatable bonds is 4. The van der Waals surface area contributed by atoms with E-state index in [0.717, 1.165) is 0 Å². The second-order valence-electron chi connectivity index (χ2n) is 3.84. The number of carbonyl (C=O) groups is 1. The average Bonchev–Trinajstić information content (AvgIpc) is 2.15. The third kappa shape index (κ3) is 2.72. The second kappa shape index (κ2) is 4.96. The van der Waals surface area contributed by atoms with Gasteiger partial charge in [0.15, 0.2) is 0 Å². The summed E-state index contributed by atoms with van der Waals surface area (Å²) in [5.74, 6) is -0.987. The molecule has 0 amide bonds. The van der Waals surface area contributed by atoms with Crippen molar-refractivity contribution in [1.82, 2.24) is 0 Å². The van der Waals surface area contributed by atoms with Crippen LogP contribution in [0, 0.1) is 12.7 Å². The SMILES string of the molecule is COc1c(C)cc(F)cc1C(C)CC(=O)O. The maximum absolute atomic E-state index is 13.2. The van der Waals surface area contributed by atoms with Crippen LogP contribution in [0.4, 0.5) is 4.39 Å². The average molecular weight is 226 g/mol. The van der Waals surface area contributed by atoms with E-state index in [1.54, 1.807) is 13.8 Å². The lowest BCUT2D eigenvalue weighted by molar-refractivity contribution is -0.137. The Morgan fingerprint density at radius 2 is 2.19 bits per heavy atom. The summed E-state index contributed by atoms with van der Waals surface area (Å²) in [5, 5.41) is 8.71. The third-order valence-electron chi connectivity index (χ3n) is 2.48. The molecule has 0 saturated heterocycles. The third-order valence-corrected chi connectivity index (χ3v) is 2.48. The Kier molecular flexibility index (Phi) is 3.88. The lowest BCUT2D eigenvalue weighted by Gasteiger charge is -2.16. The molecule has 1 unspecified atom stereocenters. The van der Waals surface area contributed by atoms with Crippen molar-refractivity contribution >= 4 is 5.97 Å². The van der Waals surface area contributed by atoms with Crippen molar-refractivity contribution in [2.24, 2.45) is 0 Å². The molecule has 0 aromatic heterocycles. The fourth-order valence-corrected chi connectivity index (χ4v) is 1.77. The van der Waals surface area contributed by atoms with Gasteiger partial charge in [0.05, 0.1) is 13.5 Å². The van der Waals surface area contributed by atoms with Crippen LogP contribution >= 0.6 is 0 Å². The number of methoxy groups -OCH3 is 1. The molecule has 0 aliphatic carbocycles. The molecule has 0 fully saturated rings. The zero-order valence-corrected chi connectivity index (χ0v) is 9.58. The Morgan fingerprint density at radius 3 is 2.69 bits per heavy atom. The second-order valence-corrected chi connectivity index (χ2v) is 3.84. The number of hydrogen-bond acceptors (Lipinski definition) is 2. The Bertz CT molecular complexity index is 401. The smallest absolute Gasteiger partial charge is 0.303 e. The maximum Gasteiger partial charge on any atom is 0.303 e. The summed E-state index contributed by atoms with van der Waals surface area (Å²) in [6, 6.07) is 2.70. The van der Waals surface area contributed by atoms with Crippen LogP contribution in [0.3, 0.4) is 0 Å². The molecule has 4 heteroatoms. The van der Waals surface area contributed by atoms with E-state index in [4.69, 9.17) is 9.84 Å². The molecule has 0 aliphatic heterocycles. The Labute approximate surface area is 93.9 Å². The molecule has 0 aliphatic rings. The maximum atomic E-state index is 13.2. The molecule has 88 valence electrons. The highest BCUT2D eigenvalue weighted by molar-refractivity contribution is 5.68. The van der Waals surface area contributed by atoms with E-state index in [1.807, 2.05) is 0 Å². The van der Waals surface area contributed by atoms with Gasteiger partial charge in [0.25, 0.3) is 0 Å². The fraction of sp³-hybridized carbons (Fsp3) is 0.417. The van der Waals surface area contributed by atoms with Crippen LogP contribution in [0.2, 0.25) is 0 Å². The predicted molar refractivity (Wildman–Crippen MR) is 58.4 cm³/mol. The summed E-state index contributed by atoms with van der Waals surface area (Å²) in [5.41, 5.74) is 1.28. The molecule has 1 N–H and O–H groups in total. The van der Waals surface area contributed by atoms with Gasteiger partial charge in [-0.1, -0.05) is 6.92 Å². The van der Waals surface area contributed by atoms with E-state index < -0.39 is 5.97 Å². The highest BCUT2D eigenvalue weighted by Gasteiger charge is 2.17. The van der Waals surface area contributed by atoms with Crippen molar-refractivity contribution in [3.05, 3.63) is 29.1 Å². The number of aryl methyl sites for hydroxylation is 1. The van der Waals surface area contributed by atoms with Gasteiger partial charge in [0.2, 0.25) is 0 Å². The summed E-state index contributed by atoms with van der Waals surface area (Å²) >= 11 is 0. The fourth-order valence-electron chi connectivity index (χ4n) is 1.77. The van der Waals surface area contributed by atoms with Crippen molar-refractivity contribution in [3.8, 4) is 5.75 Å². The first-order valence-corrected chi connectivity index (χ1v) is 5.01. The highest BCUT2D eigenvalue weighted by Crippen LogP contribution is 2.32. The Balaban J connectivity index is 3.15. The molecule has 3 nitrogen and oxygen atoms in total. The quantitative estimate of drug-likeness (QED) is 0.858. The standard InChI is InChI=1S/C12H15FO3/c1-7(5-11(14)15)10-6-9(13)4-8(2)12(10)16-3/h4,6-7H,5H2,1-3H3,(H,14,15). The summed E-state index contributed by atoms with van der Waals surface area (Å²) < 4.78 is 18.4. The van der Waals surface area contributed by atoms with Crippen molar-refractivity contribution in [2.75, 3.05) is 7.11 Å². The van der Waals surface area contributed by atoms with Gasteiger partial charge in [0.1, 0.15) is 11.6 Å². The molecule has 1 aromatic rings. The minimum absolute atomic E-state index is 0.0424. The lowest BCUT2D eigenvalue weighted by atomic mass is 9.95. The van der Waals surface area contributed by atoms with Gasteiger partial charge < -0.3 is 9.84 Å². The monoisotopic (exact) mass is 226 g/mol. The van der Waals surface area contributed by atoms with Gasteiger partial charge in [-0.3, -0.25) is 4.79 Å². The van der Waals surface area contributed by atoms with Gasteiger partial charge in [-0.2, -0.15) is 0 Å². The van der Waals surface area contributed by atoms with E-state index in [-0.39, 0.29) is 18.2 Å². The number of ether oxygens (including phenoxy) is 1. The van der Waals surface area contributed by atoms with Crippen LogP contribution in [0.25, 0.3) is 0 Å². The predicted octanol–water partition coefficient (Wildman–Crippen LogP) is 2.72. The number of aliphatic carboxylic acids is 1. The number of carboxylic acids is 1. The van der Waals surface area contributed by atoms with Crippen LogP contribution < -0.4 is 4.74 Å². The van der Waals surface area contributed by atoms with Crippen LogP contribution in [-0.2, 0) is 4.79 Å². The lowest BCUT2D eigenvalue weighted by Crippen LogP contribution is -2.06. The first kappa shape index (κ1) is 12.5. The molecular weight excluding hydrogens is 211 g/mol. The number of carboxylic acid groups (broad SMARTS) is 1. The zero-order valence-electron chi connectivity index (χ0n) is 9.58. The summed E-state index contributed by atoms with van der Waals surface area (Å²) in [6.45, 7) is 3.48. The molecule has 1 aromatic carbocycles. The van der Waals surface area contributed by atoms with Gasteiger partial charge >= 0.3 is 5.97 Å². The van der Waals surface area contributed by atoms with Gasteiger partial charge in [-0.05, 0) is 30.5 Å². The van der Waals surface area contributed by atoms with Crippen LogP contribution in [-0.4, -0.2) is 18.2 Å². The van der Waals surface area contributed by atoms with E-state index in [1.165, 1.54) is 19.2 Å². The first-order chi connectivity index (χ1) is 7.45. The summed E-state index contributed by atoms with van der Waals surface area (Å²) in [6.07, 6.45) is -0.0424. The van der Waals surface area contributed by atoms with Crippen molar-refractivity contribution in [1.29, 1.82) is 0 Å². The molecule has 0 spiro atoms. The first-order valence-electron chi connectivity index (χ1n) is 5.01. The van der Waals surface area contributed by atoms with Crippen molar-refractivity contribution in [3.63, 3.8) is 0 Å². The normalized spacial score (nSPS) is 12.2. The van der Waals surface area contributed by atoms with Crippen molar-refractivity contribution in [2.45, 2.75) is 26.2 Å².